The molecule has 0 atom stereocenters. The van der Waals surface area contributed by atoms with Gasteiger partial charge in [-0.15, -0.1) is 35.3 Å². The van der Waals surface area contributed by atoms with Gasteiger partial charge in [-0.3, -0.25) is 0 Å². The fourth-order valence-corrected chi connectivity index (χ4v) is 4.29. The highest BCUT2D eigenvalue weighted by Gasteiger charge is 2.22. The Labute approximate surface area is 208 Å². The van der Waals surface area contributed by atoms with Crippen LogP contribution in [0.5, 0.6) is 0 Å². The Kier molecular flexibility index (Phi) is 11.3. The standard InChI is InChI=1S/C24H35N3O2S.HI/c1-4-25-23(27-18-24(2,3)22-9-6-14-30-22)26-16-19-7-5-8-20(15-19)17-29-21-10-12-28-13-11-21;/h5-9,14-15,21H,4,10-13,16-18H2,1-3H3,(H2,25,26,27);1H. The molecule has 1 aliphatic rings. The summed E-state index contributed by atoms with van der Waals surface area (Å²) < 4.78 is 11.5. The molecule has 1 fully saturated rings. The molecule has 2 heterocycles. The third-order valence-electron chi connectivity index (χ3n) is 5.30. The van der Waals surface area contributed by atoms with Crippen molar-refractivity contribution in [2.45, 2.75) is 58.3 Å². The number of nitrogens with one attached hydrogen (secondary N) is 2. The van der Waals surface area contributed by atoms with Crippen LogP contribution in [0.15, 0.2) is 46.8 Å². The van der Waals surface area contributed by atoms with Gasteiger partial charge in [0.25, 0.3) is 0 Å². The molecule has 0 radical (unpaired) electrons. The fourth-order valence-electron chi connectivity index (χ4n) is 3.44. The summed E-state index contributed by atoms with van der Waals surface area (Å²) in [5.41, 5.74) is 2.45. The van der Waals surface area contributed by atoms with Crippen LogP contribution >= 0.6 is 35.3 Å². The molecule has 31 heavy (non-hydrogen) atoms. The molecule has 1 aromatic carbocycles. The van der Waals surface area contributed by atoms with E-state index in [1.807, 2.05) is 0 Å². The quantitative estimate of drug-likeness (QED) is 0.256. The zero-order valence-electron chi connectivity index (χ0n) is 18.9. The van der Waals surface area contributed by atoms with Gasteiger partial charge in [0, 0.05) is 36.6 Å². The van der Waals surface area contributed by atoms with Crippen LogP contribution in [-0.2, 0) is 28.0 Å². The minimum absolute atomic E-state index is 0. The Morgan fingerprint density at radius 1 is 1.16 bits per heavy atom. The van der Waals surface area contributed by atoms with Gasteiger partial charge in [0.05, 0.1) is 19.3 Å². The average Bonchev–Trinajstić information content (AvgIpc) is 3.31. The normalized spacial score (nSPS) is 15.4. The summed E-state index contributed by atoms with van der Waals surface area (Å²) in [6.45, 7) is 11.2. The van der Waals surface area contributed by atoms with Gasteiger partial charge in [0.2, 0.25) is 0 Å². The lowest BCUT2D eigenvalue weighted by atomic mass is 9.91. The molecule has 3 rings (SSSR count). The summed E-state index contributed by atoms with van der Waals surface area (Å²) in [6.07, 6.45) is 2.30. The summed E-state index contributed by atoms with van der Waals surface area (Å²) in [5.74, 6) is 0.853. The fraction of sp³-hybridized carbons (Fsp3) is 0.542. The first-order valence-electron chi connectivity index (χ1n) is 10.9. The van der Waals surface area contributed by atoms with Crippen molar-refractivity contribution in [1.29, 1.82) is 0 Å². The van der Waals surface area contributed by atoms with E-state index in [-0.39, 0.29) is 29.4 Å². The molecule has 5 nitrogen and oxygen atoms in total. The van der Waals surface area contributed by atoms with E-state index < -0.39 is 0 Å². The molecule has 0 aliphatic carbocycles. The van der Waals surface area contributed by atoms with Crippen LogP contribution < -0.4 is 10.6 Å². The monoisotopic (exact) mass is 557 g/mol. The number of ether oxygens (including phenoxy) is 2. The molecule has 0 amide bonds. The van der Waals surface area contributed by atoms with Crippen LogP contribution in [0.3, 0.4) is 0 Å². The topological polar surface area (TPSA) is 54.9 Å². The second-order valence-electron chi connectivity index (χ2n) is 8.35. The highest BCUT2D eigenvalue weighted by atomic mass is 127. The Morgan fingerprint density at radius 3 is 2.65 bits per heavy atom. The molecular formula is C24H36IN3O2S. The number of hydrogen-bond acceptors (Lipinski definition) is 4. The summed E-state index contributed by atoms with van der Waals surface area (Å²) in [7, 11) is 0. The van der Waals surface area contributed by atoms with E-state index in [2.05, 4.69) is 73.2 Å². The first-order valence-corrected chi connectivity index (χ1v) is 11.8. The van der Waals surface area contributed by atoms with Crippen LogP contribution in [0.25, 0.3) is 0 Å². The Morgan fingerprint density at radius 2 is 1.94 bits per heavy atom. The highest BCUT2D eigenvalue weighted by Crippen LogP contribution is 2.26. The maximum Gasteiger partial charge on any atom is 0.191 e. The number of thiophene rings is 1. The van der Waals surface area contributed by atoms with E-state index >= 15 is 0 Å². The van der Waals surface area contributed by atoms with E-state index in [1.165, 1.54) is 16.0 Å². The predicted molar refractivity (Wildman–Crippen MR) is 141 cm³/mol. The Balaban J connectivity index is 0.00000341. The summed E-state index contributed by atoms with van der Waals surface area (Å²) in [4.78, 5) is 6.18. The molecule has 1 aliphatic heterocycles. The van der Waals surface area contributed by atoms with E-state index in [9.17, 15) is 0 Å². The third kappa shape index (κ3) is 8.71. The van der Waals surface area contributed by atoms with E-state index in [0.717, 1.165) is 45.1 Å². The summed E-state index contributed by atoms with van der Waals surface area (Å²) >= 11 is 1.80. The number of benzene rings is 1. The molecule has 172 valence electrons. The minimum Gasteiger partial charge on any atom is -0.381 e. The van der Waals surface area contributed by atoms with Gasteiger partial charge in [-0.25, -0.2) is 4.99 Å². The lowest BCUT2D eigenvalue weighted by molar-refractivity contribution is -0.0390. The SMILES string of the molecule is CCNC(=NCc1cccc(COC2CCOCC2)c1)NCC(C)(C)c1cccs1.I. The molecule has 2 aromatic rings. The van der Waals surface area contributed by atoms with Crippen LogP contribution in [0.2, 0.25) is 0 Å². The van der Waals surface area contributed by atoms with Gasteiger partial charge in [-0.2, -0.15) is 0 Å². The van der Waals surface area contributed by atoms with Crippen LogP contribution in [0.4, 0.5) is 0 Å². The van der Waals surface area contributed by atoms with Crippen molar-refractivity contribution in [1.82, 2.24) is 10.6 Å². The molecule has 0 spiro atoms. The van der Waals surface area contributed by atoms with E-state index in [1.54, 1.807) is 11.3 Å². The van der Waals surface area contributed by atoms with Gasteiger partial charge in [0.15, 0.2) is 5.96 Å². The second kappa shape index (κ2) is 13.4. The van der Waals surface area contributed by atoms with Crippen LogP contribution in [-0.4, -0.2) is 38.4 Å². The molecule has 0 bridgehead atoms. The molecule has 0 unspecified atom stereocenters. The van der Waals surface area contributed by atoms with Crippen molar-refractivity contribution in [2.75, 3.05) is 26.3 Å². The first kappa shape index (κ1) is 26.1. The lowest BCUT2D eigenvalue weighted by Gasteiger charge is -2.25. The third-order valence-corrected chi connectivity index (χ3v) is 6.53. The number of hydrogen-bond donors (Lipinski definition) is 2. The Hall–Kier alpha value is -1.16. The van der Waals surface area contributed by atoms with E-state index in [4.69, 9.17) is 14.5 Å². The Bertz CT molecular complexity index is 790. The first-order chi connectivity index (χ1) is 14.6. The molecule has 1 saturated heterocycles. The number of nitrogens with zero attached hydrogens (tertiary/aromatic N) is 1. The zero-order valence-corrected chi connectivity index (χ0v) is 22.0. The number of halogens is 1. The van der Waals surface area contributed by atoms with E-state index in [0.29, 0.717) is 19.3 Å². The van der Waals surface area contributed by atoms with Gasteiger partial charge in [-0.1, -0.05) is 44.2 Å². The summed E-state index contributed by atoms with van der Waals surface area (Å²) in [6, 6.07) is 12.8. The largest absolute Gasteiger partial charge is 0.381 e. The lowest BCUT2D eigenvalue weighted by Crippen LogP contribution is -2.43. The molecule has 2 N–H and O–H groups in total. The number of guanidine groups is 1. The van der Waals surface area contributed by atoms with Crippen molar-refractivity contribution < 1.29 is 9.47 Å². The maximum absolute atomic E-state index is 6.06. The van der Waals surface area contributed by atoms with Crippen LogP contribution in [0.1, 0.15) is 49.6 Å². The smallest absolute Gasteiger partial charge is 0.191 e. The van der Waals surface area contributed by atoms with Gasteiger partial charge in [-0.05, 0) is 42.3 Å². The van der Waals surface area contributed by atoms with Crippen molar-refractivity contribution in [2.24, 2.45) is 4.99 Å². The molecular weight excluding hydrogens is 521 g/mol. The van der Waals surface area contributed by atoms with Crippen LogP contribution in [0, 0.1) is 0 Å². The molecule has 1 aromatic heterocycles. The minimum atomic E-state index is 0. The molecule has 7 heteroatoms. The van der Waals surface area contributed by atoms with Crippen molar-refractivity contribution in [3.8, 4) is 0 Å². The zero-order chi connectivity index (χ0) is 21.2. The highest BCUT2D eigenvalue weighted by molar-refractivity contribution is 14.0. The maximum atomic E-state index is 6.06. The second-order valence-corrected chi connectivity index (χ2v) is 9.30. The average molecular weight is 558 g/mol. The van der Waals surface area contributed by atoms with Crippen molar-refractivity contribution >= 4 is 41.3 Å². The van der Waals surface area contributed by atoms with Crippen molar-refractivity contribution in [3.05, 3.63) is 57.8 Å². The van der Waals surface area contributed by atoms with Gasteiger partial charge in [0.1, 0.15) is 0 Å². The predicted octanol–water partition coefficient (Wildman–Crippen LogP) is 5.09. The van der Waals surface area contributed by atoms with Crippen molar-refractivity contribution in [3.63, 3.8) is 0 Å². The molecule has 0 saturated carbocycles. The summed E-state index contributed by atoms with van der Waals surface area (Å²) in [5, 5.41) is 9.00. The van der Waals surface area contributed by atoms with Gasteiger partial charge < -0.3 is 20.1 Å². The number of aliphatic imine (C=N–C) groups is 1. The number of rotatable bonds is 9. The van der Waals surface area contributed by atoms with Gasteiger partial charge >= 0.3 is 0 Å².